The van der Waals surface area contributed by atoms with Gasteiger partial charge in [-0.2, -0.15) is 0 Å². The van der Waals surface area contributed by atoms with Gasteiger partial charge >= 0.3 is 0 Å². The summed E-state index contributed by atoms with van der Waals surface area (Å²) >= 11 is 0. The zero-order valence-electron chi connectivity index (χ0n) is 22.6. The second-order valence-electron chi connectivity index (χ2n) is 15.4. The van der Waals surface area contributed by atoms with Crippen LogP contribution in [0, 0.1) is 56.2 Å². The number of fused-ring (bicyclic) bond motifs is 7. The minimum Gasteiger partial charge on any atom is -0.393 e. The van der Waals surface area contributed by atoms with Gasteiger partial charge in [0.2, 0.25) is 0 Å². The van der Waals surface area contributed by atoms with Crippen molar-refractivity contribution in [2.75, 3.05) is 0 Å². The lowest BCUT2D eigenvalue weighted by Crippen LogP contribution is -2.74. The van der Waals surface area contributed by atoms with Gasteiger partial charge in [0.25, 0.3) is 0 Å². The molecule has 0 spiro atoms. The second-order valence-corrected chi connectivity index (χ2v) is 15.4. The number of hydrogen-bond acceptors (Lipinski definition) is 3. The second kappa shape index (κ2) is 6.87. The van der Waals surface area contributed by atoms with Gasteiger partial charge in [0.1, 0.15) is 5.78 Å². The molecular weight excluding hydrogens is 408 g/mol. The fraction of sp³-hybridized carbons (Fsp3) is 0.967. The average molecular weight is 459 g/mol. The number of hydrogen-bond donors (Lipinski definition) is 2. The molecule has 0 unspecified atom stereocenters. The van der Waals surface area contributed by atoms with Gasteiger partial charge in [0, 0.05) is 17.8 Å². The molecule has 5 aliphatic carbocycles. The van der Waals surface area contributed by atoms with Gasteiger partial charge in [-0.15, -0.1) is 0 Å². The highest BCUT2D eigenvalue weighted by Crippen LogP contribution is 2.78. The Morgan fingerprint density at radius 1 is 0.697 bits per heavy atom. The van der Waals surface area contributed by atoms with E-state index in [1.165, 1.54) is 0 Å². The molecule has 0 radical (unpaired) electrons. The first-order valence-corrected chi connectivity index (χ1v) is 14.0. The summed E-state index contributed by atoms with van der Waals surface area (Å²) in [6, 6.07) is 0. The number of carbonyl (C=O) groups is 1. The highest BCUT2D eigenvalue weighted by molar-refractivity contribution is 5.82. The van der Waals surface area contributed by atoms with Crippen molar-refractivity contribution in [2.24, 2.45) is 56.2 Å². The number of rotatable bonds is 0. The van der Waals surface area contributed by atoms with Gasteiger partial charge in [-0.1, -0.05) is 55.4 Å². The van der Waals surface area contributed by atoms with Crippen molar-refractivity contribution in [2.45, 2.75) is 125 Å². The van der Waals surface area contributed by atoms with Crippen molar-refractivity contribution < 1.29 is 15.0 Å². The molecule has 0 aliphatic heterocycles. The average Bonchev–Trinajstić information content (AvgIpc) is 2.71. The Hall–Kier alpha value is -0.410. The number of aliphatic hydroxyl groups is 2. The lowest BCUT2D eigenvalue weighted by atomic mass is 9.29. The Morgan fingerprint density at radius 2 is 1.36 bits per heavy atom. The maximum Gasteiger partial charge on any atom is 0.136 e. The van der Waals surface area contributed by atoms with Crippen molar-refractivity contribution in [1.82, 2.24) is 0 Å². The van der Waals surface area contributed by atoms with Crippen LogP contribution < -0.4 is 0 Å². The van der Waals surface area contributed by atoms with E-state index in [-0.39, 0.29) is 50.6 Å². The van der Waals surface area contributed by atoms with Crippen LogP contribution in [-0.2, 0) is 4.79 Å². The smallest absolute Gasteiger partial charge is 0.136 e. The standard InChI is InChI=1S/C30H50O3/c1-18-19(31)9-10-20-26(18,4)12-11-21-28(20,6)16-24(33)30(8)22-15-25(2,3)13-14-27(22,5)23(32)17-29(21,30)7/h18,20-24,32-33H,9-17H2,1-8H3/t18-,20+,21-,22+,23-,24-,26+,27-,28-,29+,30+/m0/s1. The molecule has 3 heteroatoms. The summed E-state index contributed by atoms with van der Waals surface area (Å²) in [5.41, 5.74) is -0.0646. The number of carbonyl (C=O) groups excluding carboxylic acids is 1. The van der Waals surface area contributed by atoms with E-state index in [0.717, 1.165) is 51.4 Å². The molecule has 5 fully saturated rings. The van der Waals surface area contributed by atoms with Crippen LogP contribution in [0.25, 0.3) is 0 Å². The predicted octanol–water partition coefficient (Wildman–Crippen LogP) is 6.40. The van der Waals surface area contributed by atoms with Gasteiger partial charge < -0.3 is 10.2 Å². The fourth-order valence-corrected chi connectivity index (χ4v) is 11.3. The Bertz CT molecular complexity index is 849. The van der Waals surface area contributed by atoms with Gasteiger partial charge in [-0.25, -0.2) is 0 Å². The molecule has 5 aliphatic rings. The summed E-state index contributed by atoms with van der Waals surface area (Å²) in [4.78, 5) is 12.7. The van der Waals surface area contributed by atoms with Crippen LogP contribution >= 0.6 is 0 Å². The van der Waals surface area contributed by atoms with E-state index >= 15 is 0 Å². The van der Waals surface area contributed by atoms with E-state index < -0.39 is 0 Å². The molecule has 11 atom stereocenters. The molecular formula is C30H50O3. The molecule has 5 rings (SSSR count). The van der Waals surface area contributed by atoms with Gasteiger partial charge in [0.05, 0.1) is 12.2 Å². The molecule has 0 aromatic heterocycles. The first kappa shape index (κ1) is 24.3. The highest BCUT2D eigenvalue weighted by atomic mass is 16.3. The molecule has 0 heterocycles. The molecule has 0 aromatic carbocycles. The van der Waals surface area contributed by atoms with Crippen molar-refractivity contribution in [3.05, 3.63) is 0 Å². The van der Waals surface area contributed by atoms with Crippen molar-refractivity contribution in [3.63, 3.8) is 0 Å². The molecule has 33 heavy (non-hydrogen) atoms. The zero-order valence-corrected chi connectivity index (χ0v) is 22.6. The molecule has 2 N–H and O–H groups in total. The van der Waals surface area contributed by atoms with Crippen LogP contribution in [-0.4, -0.2) is 28.2 Å². The summed E-state index contributed by atoms with van der Waals surface area (Å²) in [5.74, 6) is 1.85. The van der Waals surface area contributed by atoms with Crippen LogP contribution in [0.4, 0.5) is 0 Å². The molecule has 0 aromatic rings. The first-order valence-electron chi connectivity index (χ1n) is 14.0. The quantitative estimate of drug-likeness (QED) is 0.442. The van der Waals surface area contributed by atoms with E-state index in [4.69, 9.17) is 0 Å². The third kappa shape index (κ3) is 2.79. The normalized spacial score (nSPS) is 60.2. The number of aliphatic hydroxyl groups excluding tert-OH is 2. The third-order valence-corrected chi connectivity index (χ3v) is 13.8. The minimum absolute atomic E-state index is 0.0211. The highest BCUT2D eigenvalue weighted by Gasteiger charge is 2.74. The number of ketones is 1. The molecule has 0 saturated heterocycles. The Kier molecular flexibility index (Phi) is 5.06. The zero-order chi connectivity index (χ0) is 24.4. The van der Waals surface area contributed by atoms with E-state index in [0.29, 0.717) is 30.0 Å². The van der Waals surface area contributed by atoms with Crippen molar-refractivity contribution in [3.8, 4) is 0 Å². The largest absolute Gasteiger partial charge is 0.393 e. The first-order chi connectivity index (χ1) is 15.1. The van der Waals surface area contributed by atoms with Crippen molar-refractivity contribution in [1.29, 1.82) is 0 Å². The predicted molar refractivity (Wildman–Crippen MR) is 133 cm³/mol. The summed E-state index contributed by atoms with van der Waals surface area (Å²) < 4.78 is 0. The monoisotopic (exact) mass is 458 g/mol. The van der Waals surface area contributed by atoms with Gasteiger partial charge in [-0.05, 0) is 96.2 Å². The molecule has 5 saturated carbocycles. The van der Waals surface area contributed by atoms with Crippen LogP contribution in [0.5, 0.6) is 0 Å². The number of Topliss-reactive ketones (excluding diaryl/α,β-unsaturated/α-hetero) is 1. The lowest BCUT2D eigenvalue weighted by molar-refractivity contribution is -0.311. The van der Waals surface area contributed by atoms with Crippen LogP contribution in [0.15, 0.2) is 0 Å². The lowest BCUT2D eigenvalue weighted by Gasteiger charge is -2.76. The van der Waals surface area contributed by atoms with Crippen LogP contribution in [0.1, 0.15) is 113 Å². The van der Waals surface area contributed by atoms with E-state index in [1.54, 1.807) is 0 Å². The SMILES string of the molecule is C[C@H]1C(=O)CC[C@@H]2[C@]1(C)CC[C@H]1[C@@]2(C)C[C@H](O)[C@@]2(C)[C@@H]3CC(C)(C)CC[C@]3(C)[C@@H](O)C[C@]12C. The summed E-state index contributed by atoms with van der Waals surface area (Å²) in [6.07, 6.45) is 8.24. The molecule has 0 bridgehead atoms. The maximum absolute atomic E-state index is 12.7. The maximum atomic E-state index is 12.7. The van der Waals surface area contributed by atoms with Gasteiger partial charge in [0.15, 0.2) is 0 Å². The Labute approximate surface area is 202 Å². The van der Waals surface area contributed by atoms with E-state index in [9.17, 15) is 15.0 Å². The van der Waals surface area contributed by atoms with Crippen molar-refractivity contribution >= 4 is 5.78 Å². The van der Waals surface area contributed by atoms with Gasteiger partial charge in [-0.3, -0.25) is 4.79 Å². The Balaban J connectivity index is 1.62. The van der Waals surface area contributed by atoms with E-state index in [2.05, 4.69) is 55.4 Å². The minimum atomic E-state index is -0.357. The fourth-order valence-electron chi connectivity index (χ4n) is 11.3. The van der Waals surface area contributed by atoms with Crippen LogP contribution in [0.3, 0.4) is 0 Å². The van der Waals surface area contributed by atoms with Crippen LogP contribution in [0.2, 0.25) is 0 Å². The Morgan fingerprint density at radius 3 is 2.03 bits per heavy atom. The third-order valence-electron chi connectivity index (χ3n) is 13.8. The summed E-state index contributed by atoms with van der Waals surface area (Å²) in [7, 11) is 0. The topological polar surface area (TPSA) is 57.5 Å². The summed E-state index contributed by atoms with van der Waals surface area (Å²) in [6.45, 7) is 19.0. The van der Waals surface area contributed by atoms with E-state index in [1.807, 2.05) is 0 Å². The molecule has 0 amide bonds. The molecule has 188 valence electrons. The molecule has 3 nitrogen and oxygen atoms in total. The summed E-state index contributed by atoms with van der Waals surface area (Å²) in [5, 5.41) is 23.9.